The number of aromatic nitrogens is 2. The first-order chi connectivity index (χ1) is 13.0. The molecule has 4 N–H and O–H groups in total. The van der Waals surface area contributed by atoms with Crippen molar-refractivity contribution in [1.82, 2.24) is 10.2 Å². The summed E-state index contributed by atoms with van der Waals surface area (Å²) in [4.78, 5) is 25.7. The van der Waals surface area contributed by atoms with Gasteiger partial charge in [-0.05, 0) is 24.6 Å². The van der Waals surface area contributed by atoms with E-state index in [4.69, 9.17) is 0 Å². The minimum atomic E-state index is -1.32. The fraction of sp³-hybridized carbons (Fsp3) is 0.238. The molecular formula is C21H21N3O3. The van der Waals surface area contributed by atoms with E-state index in [1.54, 1.807) is 19.1 Å². The predicted molar refractivity (Wildman–Crippen MR) is 103 cm³/mol. The number of benzene rings is 2. The second-order valence-corrected chi connectivity index (χ2v) is 7.23. The molecule has 0 radical (unpaired) electrons. The van der Waals surface area contributed by atoms with Gasteiger partial charge >= 0.3 is 0 Å². The van der Waals surface area contributed by atoms with Crippen LogP contribution in [0.4, 0.5) is 5.69 Å². The first kappa shape index (κ1) is 17.3. The third kappa shape index (κ3) is 3.08. The van der Waals surface area contributed by atoms with E-state index in [9.17, 15) is 14.7 Å². The Morgan fingerprint density at radius 1 is 1.07 bits per heavy atom. The molecule has 1 heterocycles. The van der Waals surface area contributed by atoms with Crippen molar-refractivity contribution in [3.8, 4) is 0 Å². The number of rotatable bonds is 3. The molecule has 6 nitrogen and oxygen atoms in total. The Bertz CT molecular complexity index is 1010. The zero-order chi connectivity index (χ0) is 19.0. The molecule has 1 amide bonds. The summed E-state index contributed by atoms with van der Waals surface area (Å²) in [5, 5.41) is 19.5. The molecule has 0 spiro atoms. The minimum absolute atomic E-state index is 0.192. The number of H-pyrrole nitrogens is 2. The molecule has 0 bridgehead atoms. The van der Waals surface area contributed by atoms with Crippen molar-refractivity contribution in [3.63, 3.8) is 0 Å². The predicted octanol–water partition coefficient (Wildman–Crippen LogP) is 2.40. The number of aromatic amines is 2. The molecule has 0 unspecified atom stereocenters. The third-order valence-electron chi connectivity index (χ3n) is 5.23. The van der Waals surface area contributed by atoms with E-state index in [-0.39, 0.29) is 17.9 Å². The highest BCUT2D eigenvalue weighted by molar-refractivity contribution is 5.94. The fourth-order valence-corrected chi connectivity index (χ4v) is 4.06. The molecule has 3 atom stereocenters. The Kier molecular flexibility index (Phi) is 4.20. The van der Waals surface area contributed by atoms with Crippen molar-refractivity contribution in [2.45, 2.75) is 24.9 Å². The van der Waals surface area contributed by atoms with Crippen LogP contribution in [0.1, 0.15) is 29.7 Å². The van der Waals surface area contributed by atoms with Gasteiger partial charge in [0.25, 0.3) is 5.56 Å². The zero-order valence-electron chi connectivity index (χ0n) is 14.9. The molecule has 1 aliphatic carbocycles. The Morgan fingerprint density at radius 2 is 1.70 bits per heavy atom. The summed E-state index contributed by atoms with van der Waals surface area (Å²) in [7, 11) is 0. The number of aliphatic hydroxyl groups is 1. The molecule has 3 aromatic rings. The number of hydrogen-bond acceptors (Lipinski definition) is 3. The van der Waals surface area contributed by atoms with Gasteiger partial charge in [-0.1, -0.05) is 48.5 Å². The van der Waals surface area contributed by atoms with Crippen molar-refractivity contribution in [2.24, 2.45) is 5.92 Å². The van der Waals surface area contributed by atoms with Gasteiger partial charge in [0.05, 0.1) is 11.5 Å². The standard InChI is InChI=1S/C21H21N3O3/c1-21(27)12-15-17(19(25)24-23-15)16(13-8-4-2-5-9-13)18(21)20(26)22-14-10-6-3-7-11-14/h2-11,16,18,27H,12H2,1H3,(H,22,26)(H2,23,24,25)/t16-,18-,21+/m1/s1. The molecular weight excluding hydrogens is 342 g/mol. The van der Waals surface area contributed by atoms with Crippen LogP contribution in [0.15, 0.2) is 65.5 Å². The highest BCUT2D eigenvalue weighted by atomic mass is 16.3. The normalized spacial score (nSPS) is 24.2. The maximum Gasteiger partial charge on any atom is 0.267 e. The number of anilines is 1. The number of nitrogens with one attached hydrogen (secondary N) is 3. The van der Waals surface area contributed by atoms with E-state index in [0.717, 1.165) is 5.56 Å². The molecule has 2 aromatic carbocycles. The van der Waals surface area contributed by atoms with Crippen molar-refractivity contribution >= 4 is 11.6 Å². The van der Waals surface area contributed by atoms with Gasteiger partial charge in [-0.3, -0.25) is 14.7 Å². The number of carbonyl (C=O) groups is 1. The van der Waals surface area contributed by atoms with Crippen LogP contribution in [-0.4, -0.2) is 26.8 Å². The van der Waals surface area contributed by atoms with Gasteiger partial charge < -0.3 is 15.5 Å². The number of para-hydroxylation sites is 1. The van der Waals surface area contributed by atoms with E-state index in [1.807, 2.05) is 48.5 Å². The lowest BCUT2D eigenvalue weighted by Gasteiger charge is -2.41. The van der Waals surface area contributed by atoms with E-state index in [0.29, 0.717) is 16.9 Å². The van der Waals surface area contributed by atoms with Crippen LogP contribution in [0.3, 0.4) is 0 Å². The van der Waals surface area contributed by atoms with Crippen LogP contribution < -0.4 is 10.9 Å². The van der Waals surface area contributed by atoms with E-state index in [2.05, 4.69) is 15.5 Å². The van der Waals surface area contributed by atoms with E-state index >= 15 is 0 Å². The van der Waals surface area contributed by atoms with Gasteiger partial charge in [0.15, 0.2) is 0 Å². The maximum atomic E-state index is 13.2. The lowest BCUT2D eigenvalue weighted by atomic mass is 9.66. The van der Waals surface area contributed by atoms with E-state index in [1.165, 1.54) is 0 Å². The number of amides is 1. The monoisotopic (exact) mass is 363 g/mol. The average molecular weight is 363 g/mol. The molecule has 27 heavy (non-hydrogen) atoms. The first-order valence-corrected chi connectivity index (χ1v) is 8.90. The minimum Gasteiger partial charge on any atom is -0.389 e. The van der Waals surface area contributed by atoms with Gasteiger partial charge in [0.2, 0.25) is 5.91 Å². The zero-order valence-corrected chi connectivity index (χ0v) is 14.9. The van der Waals surface area contributed by atoms with Crippen molar-refractivity contribution in [2.75, 3.05) is 5.32 Å². The Hall–Kier alpha value is -3.12. The summed E-state index contributed by atoms with van der Waals surface area (Å²) in [6.07, 6.45) is 0.192. The number of carbonyl (C=O) groups excluding carboxylic acids is 1. The van der Waals surface area contributed by atoms with Crippen LogP contribution in [-0.2, 0) is 11.2 Å². The largest absolute Gasteiger partial charge is 0.389 e. The van der Waals surface area contributed by atoms with Crippen molar-refractivity contribution < 1.29 is 9.90 Å². The van der Waals surface area contributed by atoms with Crippen LogP contribution in [0.2, 0.25) is 0 Å². The van der Waals surface area contributed by atoms with Gasteiger partial charge in [-0.2, -0.15) is 0 Å². The molecule has 1 aliphatic rings. The molecule has 0 fully saturated rings. The van der Waals surface area contributed by atoms with Crippen LogP contribution in [0, 0.1) is 5.92 Å². The SMILES string of the molecule is C[C@]1(O)Cc2[nH][nH]c(=O)c2[C@@H](c2ccccc2)[C@@H]1C(=O)Nc1ccccc1. The smallest absolute Gasteiger partial charge is 0.267 e. The van der Waals surface area contributed by atoms with Crippen LogP contribution in [0.25, 0.3) is 0 Å². The first-order valence-electron chi connectivity index (χ1n) is 8.90. The summed E-state index contributed by atoms with van der Waals surface area (Å²) in [6, 6.07) is 18.5. The second kappa shape index (κ2) is 6.55. The molecule has 0 aliphatic heterocycles. The molecule has 0 saturated heterocycles. The Morgan fingerprint density at radius 3 is 2.37 bits per heavy atom. The average Bonchev–Trinajstić information content (AvgIpc) is 3.01. The molecule has 6 heteroatoms. The molecule has 1 aromatic heterocycles. The summed E-state index contributed by atoms with van der Waals surface area (Å²) in [5.41, 5.74) is 1.05. The molecule has 4 rings (SSSR count). The summed E-state index contributed by atoms with van der Waals surface area (Å²) >= 11 is 0. The lowest BCUT2D eigenvalue weighted by molar-refractivity contribution is -0.130. The lowest BCUT2D eigenvalue weighted by Crippen LogP contribution is -2.51. The quantitative estimate of drug-likeness (QED) is 0.575. The highest BCUT2D eigenvalue weighted by Gasteiger charge is 2.50. The van der Waals surface area contributed by atoms with Gasteiger partial charge in [0, 0.05) is 29.3 Å². The summed E-state index contributed by atoms with van der Waals surface area (Å²) < 4.78 is 0. The second-order valence-electron chi connectivity index (χ2n) is 7.23. The van der Waals surface area contributed by atoms with Crippen LogP contribution >= 0.6 is 0 Å². The maximum absolute atomic E-state index is 13.2. The number of hydrogen-bond donors (Lipinski definition) is 4. The van der Waals surface area contributed by atoms with E-state index < -0.39 is 17.4 Å². The molecule has 0 saturated carbocycles. The Balaban J connectivity index is 1.82. The topological polar surface area (TPSA) is 98.0 Å². The van der Waals surface area contributed by atoms with Gasteiger partial charge in [-0.15, -0.1) is 0 Å². The number of fused-ring (bicyclic) bond motifs is 1. The summed E-state index contributed by atoms with van der Waals surface area (Å²) in [6.45, 7) is 1.65. The van der Waals surface area contributed by atoms with Gasteiger partial charge in [-0.25, -0.2) is 0 Å². The fourth-order valence-electron chi connectivity index (χ4n) is 4.06. The van der Waals surface area contributed by atoms with Crippen molar-refractivity contribution in [3.05, 3.63) is 87.8 Å². The van der Waals surface area contributed by atoms with Gasteiger partial charge in [0.1, 0.15) is 0 Å². The summed E-state index contributed by atoms with van der Waals surface area (Å²) in [5.74, 6) is -1.68. The van der Waals surface area contributed by atoms with Crippen molar-refractivity contribution in [1.29, 1.82) is 0 Å². The van der Waals surface area contributed by atoms with Crippen LogP contribution in [0.5, 0.6) is 0 Å². The Labute approximate surface area is 156 Å². The third-order valence-corrected chi connectivity index (χ3v) is 5.23. The highest BCUT2D eigenvalue weighted by Crippen LogP contribution is 2.44. The molecule has 138 valence electrons.